The molecule has 1 aliphatic rings. The molecule has 0 aromatic carbocycles. The summed E-state index contributed by atoms with van der Waals surface area (Å²) in [5.74, 6) is 1.79. The molecule has 0 atom stereocenters. The molecule has 0 N–H and O–H groups in total. The van der Waals surface area contributed by atoms with Gasteiger partial charge in [-0.25, -0.2) is 0 Å². The summed E-state index contributed by atoms with van der Waals surface area (Å²) in [7, 11) is 0. The van der Waals surface area contributed by atoms with E-state index >= 15 is 0 Å². The van der Waals surface area contributed by atoms with E-state index in [1.165, 1.54) is 19.3 Å². The van der Waals surface area contributed by atoms with Gasteiger partial charge in [-0.15, -0.1) is 0 Å². The summed E-state index contributed by atoms with van der Waals surface area (Å²) < 4.78 is 0. The van der Waals surface area contributed by atoms with Crippen LogP contribution in [0.3, 0.4) is 0 Å². The number of hydrogen-bond donors (Lipinski definition) is 0. The molecule has 0 radical (unpaired) electrons. The van der Waals surface area contributed by atoms with E-state index in [-0.39, 0.29) is 0 Å². The monoisotopic (exact) mass is 128 g/mol. The summed E-state index contributed by atoms with van der Waals surface area (Å²) in [4.78, 5) is 0. The highest BCUT2D eigenvalue weighted by Gasteiger charge is 2.24. The van der Waals surface area contributed by atoms with Crippen molar-refractivity contribution in [1.29, 1.82) is 0 Å². The van der Waals surface area contributed by atoms with E-state index < -0.39 is 0 Å². The average Bonchev–Trinajstić information content (AvgIpc) is 1.65. The van der Waals surface area contributed by atoms with Crippen molar-refractivity contribution in [2.24, 2.45) is 11.8 Å². The van der Waals surface area contributed by atoms with Crippen molar-refractivity contribution in [2.75, 3.05) is 0 Å². The summed E-state index contributed by atoms with van der Waals surface area (Å²) in [6.45, 7) is 2.25. The van der Waals surface area contributed by atoms with Gasteiger partial charge in [0, 0.05) is 0 Å². The second-order valence-corrected chi connectivity index (χ2v) is 2.91. The first-order chi connectivity index (χ1) is 3.86. The Balaban J connectivity index is 2.11. The molecule has 1 rings (SSSR count). The standard InChI is InChI=1S/C7H12S/c1-2-6-3-7(4-6)5-8/h5-7H,2-4H2,1H3. The van der Waals surface area contributed by atoms with Crippen molar-refractivity contribution in [1.82, 2.24) is 0 Å². The Morgan fingerprint density at radius 2 is 2.25 bits per heavy atom. The normalized spacial score (nSPS) is 36.1. The molecule has 0 bridgehead atoms. The van der Waals surface area contributed by atoms with Crippen LogP contribution in [0.15, 0.2) is 0 Å². The van der Waals surface area contributed by atoms with E-state index in [1.807, 2.05) is 5.37 Å². The predicted molar refractivity (Wildman–Crippen MR) is 40.2 cm³/mol. The molecule has 0 aromatic rings. The second kappa shape index (κ2) is 2.58. The van der Waals surface area contributed by atoms with Gasteiger partial charge in [0.05, 0.1) is 0 Å². The lowest BCUT2D eigenvalue weighted by atomic mass is 9.75. The summed E-state index contributed by atoms with van der Waals surface area (Å²) in [6, 6.07) is 0. The Kier molecular flexibility index (Phi) is 2.01. The van der Waals surface area contributed by atoms with E-state index in [9.17, 15) is 0 Å². The zero-order chi connectivity index (χ0) is 5.98. The smallest absolute Gasteiger partial charge is 0.0123 e. The summed E-state index contributed by atoms with van der Waals surface area (Å²) in [5.41, 5.74) is 0. The van der Waals surface area contributed by atoms with Crippen LogP contribution in [0.4, 0.5) is 0 Å². The highest BCUT2D eigenvalue weighted by molar-refractivity contribution is 7.79. The van der Waals surface area contributed by atoms with E-state index in [1.54, 1.807) is 0 Å². The minimum atomic E-state index is 0.787. The maximum absolute atomic E-state index is 4.80. The second-order valence-electron chi connectivity index (χ2n) is 2.64. The third-order valence-corrected chi connectivity index (χ3v) is 2.43. The van der Waals surface area contributed by atoms with Gasteiger partial charge in [-0.05, 0) is 30.0 Å². The molecule has 0 unspecified atom stereocenters. The number of hydrogen-bond acceptors (Lipinski definition) is 1. The first-order valence-corrected chi connectivity index (χ1v) is 3.79. The lowest BCUT2D eigenvalue weighted by Gasteiger charge is -2.31. The van der Waals surface area contributed by atoms with Gasteiger partial charge in [-0.3, -0.25) is 0 Å². The van der Waals surface area contributed by atoms with Crippen molar-refractivity contribution < 1.29 is 0 Å². The lowest BCUT2D eigenvalue weighted by Crippen LogP contribution is -2.22. The molecular weight excluding hydrogens is 116 g/mol. The first-order valence-electron chi connectivity index (χ1n) is 3.32. The van der Waals surface area contributed by atoms with Gasteiger partial charge in [0.1, 0.15) is 0 Å². The molecule has 0 aromatic heterocycles. The molecule has 1 saturated carbocycles. The molecule has 1 aliphatic carbocycles. The van der Waals surface area contributed by atoms with Gasteiger partial charge < -0.3 is 0 Å². The quantitative estimate of drug-likeness (QED) is 0.515. The molecule has 0 heterocycles. The van der Waals surface area contributed by atoms with Crippen LogP contribution in [0.5, 0.6) is 0 Å². The minimum Gasteiger partial charge on any atom is -0.0932 e. The van der Waals surface area contributed by atoms with Gasteiger partial charge in [0.25, 0.3) is 0 Å². The fraction of sp³-hybridized carbons (Fsp3) is 0.857. The summed E-state index contributed by atoms with van der Waals surface area (Å²) in [6.07, 6.45) is 4.07. The molecule has 0 saturated heterocycles. The summed E-state index contributed by atoms with van der Waals surface area (Å²) >= 11 is 4.80. The Morgan fingerprint density at radius 3 is 2.62 bits per heavy atom. The van der Waals surface area contributed by atoms with Gasteiger partial charge in [-0.2, -0.15) is 0 Å². The highest BCUT2D eigenvalue weighted by atomic mass is 32.1. The fourth-order valence-electron chi connectivity index (χ4n) is 1.23. The van der Waals surface area contributed by atoms with Crippen LogP contribution < -0.4 is 0 Å². The van der Waals surface area contributed by atoms with Crippen molar-refractivity contribution in [2.45, 2.75) is 26.2 Å². The zero-order valence-corrected chi connectivity index (χ0v) is 6.08. The molecule has 0 spiro atoms. The van der Waals surface area contributed by atoms with Gasteiger partial charge in [0.2, 0.25) is 0 Å². The molecule has 0 amide bonds. The van der Waals surface area contributed by atoms with Crippen LogP contribution in [-0.2, 0) is 0 Å². The Morgan fingerprint density at radius 1 is 1.62 bits per heavy atom. The van der Waals surface area contributed by atoms with Crippen molar-refractivity contribution >= 4 is 17.6 Å². The van der Waals surface area contributed by atoms with Gasteiger partial charge >= 0.3 is 0 Å². The molecule has 1 heteroatoms. The van der Waals surface area contributed by atoms with Gasteiger partial charge in [-0.1, -0.05) is 25.6 Å². The van der Waals surface area contributed by atoms with Crippen LogP contribution >= 0.6 is 12.2 Å². The zero-order valence-electron chi connectivity index (χ0n) is 5.26. The molecule has 8 heavy (non-hydrogen) atoms. The largest absolute Gasteiger partial charge is 0.0932 e. The van der Waals surface area contributed by atoms with E-state index in [4.69, 9.17) is 12.2 Å². The average molecular weight is 128 g/mol. The van der Waals surface area contributed by atoms with Crippen molar-refractivity contribution in [3.05, 3.63) is 0 Å². The topological polar surface area (TPSA) is 0 Å². The van der Waals surface area contributed by atoms with Crippen LogP contribution in [0, 0.1) is 11.8 Å². The predicted octanol–water partition coefficient (Wildman–Crippen LogP) is 2.42. The Hall–Kier alpha value is 0.0900. The van der Waals surface area contributed by atoms with Gasteiger partial charge in [0.15, 0.2) is 0 Å². The van der Waals surface area contributed by atoms with E-state index in [0.717, 1.165) is 11.8 Å². The SMILES string of the molecule is CCC1CC(C=S)C1. The molecule has 1 fully saturated rings. The minimum absolute atomic E-state index is 0.787. The Bertz CT molecular complexity index is 82.4. The van der Waals surface area contributed by atoms with Crippen LogP contribution in [0.2, 0.25) is 0 Å². The molecule has 46 valence electrons. The molecule has 0 aliphatic heterocycles. The highest BCUT2D eigenvalue weighted by Crippen LogP contribution is 2.34. The number of thiocarbonyl (C=S) groups is 1. The van der Waals surface area contributed by atoms with Crippen LogP contribution in [0.25, 0.3) is 0 Å². The van der Waals surface area contributed by atoms with Crippen molar-refractivity contribution in [3.8, 4) is 0 Å². The maximum atomic E-state index is 4.80. The fourth-order valence-corrected chi connectivity index (χ4v) is 1.45. The van der Waals surface area contributed by atoms with Crippen molar-refractivity contribution in [3.63, 3.8) is 0 Å². The summed E-state index contributed by atoms with van der Waals surface area (Å²) in [5, 5.41) is 1.92. The molecule has 0 nitrogen and oxygen atoms in total. The van der Waals surface area contributed by atoms with E-state index in [0.29, 0.717) is 0 Å². The number of rotatable bonds is 2. The lowest BCUT2D eigenvalue weighted by molar-refractivity contribution is 0.255. The Labute approximate surface area is 56.3 Å². The third kappa shape index (κ3) is 1.08. The first kappa shape index (κ1) is 6.21. The third-order valence-electron chi connectivity index (χ3n) is 2.04. The van der Waals surface area contributed by atoms with Crippen LogP contribution in [0.1, 0.15) is 26.2 Å². The maximum Gasteiger partial charge on any atom is -0.0123 e. The molecular formula is C7H12S. The van der Waals surface area contributed by atoms with Crippen LogP contribution in [-0.4, -0.2) is 5.37 Å². The van der Waals surface area contributed by atoms with E-state index in [2.05, 4.69) is 6.92 Å².